The Labute approximate surface area is 74.2 Å². The van der Waals surface area contributed by atoms with Crippen LogP contribution in [0.5, 0.6) is 0 Å². The van der Waals surface area contributed by atoms with E-state index < -0.39 is 0 Å². The molecule has 0 aromatic heterocycles. The van der Waals surface area contributed by atoms with Gasteiger partial charge in [0.2, 0.25) is 0 Å². The van der Waals surface area contributed by atoms with Gasteiger partial charge in [-0.1, -0.05) is 18.2 Å². The smallest absolute Gasteiger partial charge is 0.155 e. The number of carbonyl (C=O) groups excluding carboxylic acids is 1. The van der Waals surface area contributed by atoms with Crippen molar-refractivity contribution >= 4 is 5.78 Å². The lowest BCUT2D eigenvalue weighted by atomic mass is 9.91. The first-order valence-electron chi connectivity index (χ1n) is 4.65. The summed E-state index contributed by atoms with van der Waals surface area (Å²) in [5.74, 6) is 0.761. The van der Waals surface area contributed by atoms with Crippen molar-refractivity contribution in [3.8, 4) is 0 Å². The van der Waals surface area contributed by atoms with Gasteiger partial charge in [-0.2, -0.15) is 0 Å². The van der Waals surface area contributed by atoms with Crippen molar-refractivity contribution in [2.75, 3.05) is 0 Å². The molecule has 1 rings (SSSR count). The molecule has 0 aromatic carbocycles. The van der Waals surface area contributed by atoms with Crippen molar-refractivity contribution in [2.24, 2.45) is 5.92 Å². The molecule has 0 aliphatic heterocycles. The molecule has 1 aliphatic rings. The van der Waals surface area contributed by atoms with E-state index in [-0.39, 0.29) is 5.78 Å². The summed E-state index contributed by atoms with van der Waals surface area (Å²) in [5.41, 5.74) is 0. The van der Waals surface area contributed by atoms with Crippen LogP contribution >= 0.6 is 0 Å². The van der Waals surface area contributed by atoms with Gasteiger partial charge in [0.1, 0.15) is 0 Å². The molecule has 66 valence electrons. The summed E-state index contributed by atoms with van der Waals surface area (Å²) in [6, 6.07) is 0. The monoisotopic (exact) mass is 164 g/mol. The van der Waals surface area contributed by atoms with E-state index in [9.17, 15) is 4.79 Å². The summed E-state index contributed by atoms with van der Waals surface area (Å²) in [7, 11) is 0. The standard InChI is InChI=1S/C11H16O/c1-2-6-11(12)9-10-7-4-3-5-8-10/h2,4,6-7,10H,3,5,8-9H2,1H3. The molecule has 0 fully saturated rings. The fourth-order valence-corrected chi connectivity index (χ4v) is 1.57. The number of ketones is 1. The highest BCUT2D eigenvalue weighted by atomic mass is 16.1. The Bertz CT molecular complexity index is 201. The molecule has 1 nitrogen and oxygen atoms in total. The molecule has 0 aromatic rings. The molecule has 0 spiro atoms. The molecule has 1 aliphatic carbocycles. The molecule has 0 amide bonds. The highest BCUT2D eigenvalue weighted by Crippen LogP contribution is 2.20. The van der Waals surface area contributed by atoms with E-state index in [2.05, 4.69) is 12.2 Å². The summed E-state index contributed by atoms with van der Waals surface area (Å²) in [4.78, 5) is 11.2. The molecule has 0 N–H and O–H groups in total. The first-order valence-corrected chi connectivity index (χ1v) is 4.65. The van der Waals surface area contributed by atoms with Gasteiger partial charge < -0.3 is 0 Å². The summed E-state index contributed by atoms with van der Waals surface area (Å²) in [6.07, 6.45) is 12.2. The van der Waals surface area contributed by atoms with Crippen LogP contribution in [0.1, 0.15) is 32.6 Å². The number of allylic oxidation sites excluding steroid dienone is 4. The van der Waals surface area contributed by atoms with Crippen LogP contribution in [0.3, 0.4) is 0 Å². The Morgan fingerprint density at radius 1 is 1.67 bits per heavy atom. The highest BCUT2D eigenvalue weighted by molar-refractivity contribution is 5.89. The Kier molecular flexibility index (Phi) is 3.78. The zero-order valence-corrected chi connectivity index (χ0v) is 7.62. The predicted octanol–water partition coefficient (Wildman–Crippen LogP) is 2.88. The Balaban J connectivity index is 2.34. The Morgan fingerprint density at radius 3 is 3.08 bits per heavy atom. The predicted molar refractivity (Wildman–Crippen MR) is 50.9 cm³/mol. The van der Waals surface area contributed by atoms with Crippen LogP contribution in [0.4, 0.5) is 0 Å². The molecule has 12 heavy (non-hydrogen) atoms. The first kappa shape index (κ1) is 9.24. The minimum absolute atomic E-state index is 0.258. The molecule has 0 radical (unpaired) electrons. The normalized spacial score (nSPS) is 23.2. The van der Waals surface area contributed by atoms with E-state index in [4.69, 9.17) is 0 Å². The van der Waals surface area contributed by atoms with E-state index in [0.717, 1.165) is 0 Å². The average molecular weight is 164 g/mol. The van der Waals surface area contributed by atoms with E-state index in [0.29, 0.717) is 12.3 Å². The van der Waals surface area contributed by atoms with Gasteiger partial charge >= 0.3 is 0 Å². The van der Waals surface area contributed by atoms with Gasteiger partial charge in [0.25, 0.3) is 0 Å². The molecular formula is C11H16O. The second-order valence-electron chi connectivity index (χ2n) is 3.29. The third kappa shape index (κ3) is 3.04. The van der Waals surface area contributed by atoms with Gasteiger partial charge in [-0.05, 0) is 38.2 Å². The lowest BCUT2D eigenvalue weighted by molar-refractivity contribution is -0.115. The highest BCUT2D eigenvalue weighted by Gasteiger charge is 2.10. The Morgan fingerprint density at radius 2 is 2.50 bits per heavy atom. The van der Waals surface area contributed by atoms with Crippen LogP contribution < -0.4 is 0 Å². The fraction of sp³-hybridized carbons (Fsp3) is 0.545. The van der Waals surface area contributed by atoms with Gasteiger partial charge in [-0.15, -0.1) is 0 Å². The van der Waals surface area contributed by atoms with Crippen LogP contribution in [-0.4, -0.2) is 5.78 Å². The van der Waals surface area contributed by atoms with Gasteiger partial charge in [0, 0.05) is 6.42 Å². The van der Waals surface area contributed by atoms with Gasteiger partial charge in [-0.3, -0.25) is 4.79 Å². The summed E-state index contributed by atoms with van der Waals surface area (Å²) >= 11 is 0. The van der Waals surface area contributed by atoms with Crippen molar-refractivity contribution in [3.05, 3.63) is 24.3 Å². The molecule has 1 atom stereocenters. The van der Waals surface area contributed by atoms with Crippen LogP contribution in [0.25, 0.3) is 0 Å². The quantitative estimate of drug-likeness (QED) is 0.463. The summed E-state index contributed by atoms with van der Waals surface area (Å²) in [5, 5.41) is 0. The van der Waals surface area contributed by atoms with Crippen LogP contribution in [0.15, 0.2) is 24.3 Å². The number of hydrogen-bond donors (Lipinski definition) is 0. The maximum atomic E-state index is 11.2. The van der Waals surface area contributed by atoms with E-state index in [1.54, 1.807) is 6.08 Å². The summed E-state index contributed by atoms with van der Waals surface area (Å²) < 4.78 is 0. The van der Waals surface area contributed by atoms with Crippen molar-refractivity contribution in [1.82, 2.24) is 0 Å². The third-order valence-corrected chi connectivity index (χ3v) is 2.17. The minimum Gasteiger partial charge on any atom is -0.295 e. The number of rotatable bonds is 3. The second kappa shape index (κ2) is 4.91. The molecule has 1 unspecified atom stereocenters. The molecule has 0 heterocycles. The maximum Gasteiger partial charge on any atom is 0.155 e. The molecule has 1 heteroatoms. The SMILES string of the molecule is CC=CC(=O)CC1C=CCCC1. The Hall–Kier alpha value is -0.850. The fourth-order valence-electron chi connectivity index (χ4n) is 1.57. The zero-order valence-electron chi connectivity index (χ0n) is 7.62. The molecule has 0 bridgehead atoms. The number of carbonyl (C=O) groups is 1. The first-order chi connectivity index (χ1) is 5.83. The maximum absolute atomic E-state index is 11.2. The van der Waals surface area contributed by atoms with Crippen molar-refractivity contribution < 1.29 is 4.79 Å². The molecule has 0 saturated carbocycles. The topological polar surface area (TPSA) is 17.1 Å². The third-order valence-electron chi connectivity index (χ3n) is 2.17. The zero-order chi connectivity index (χ0) is 8.81. The van der Waals surface area contributed by atoms with Gasteiger partial charge in [0.15, 0.2) is 5.78 Å². The second-order valence-corrected chi connectivity index (χ2v) is 3.29. The van der Waals surface area contributed by atoms with Gasteiger partial charge in [0.05, 0.1) is 0 Å². The van der Waals surface area contributed by atoms with Crippen molar-refractivity contribution in [3.63, 3.8) is 0 Å². The lowest BCUT2D eigenvalue weighted by Crippen LogP contribution is -2.06. The summed E-state index contributed by atoms with van der Waals surface area (Å²) in [6.45, 7) is 1.88. The number of hydrogen-bond acceptors (Lipinski definition) is 1. The van der Waals surface area contributed by atoms with E-state index in [1.165, 1.54) is 19.3 Å². The molecular weight excluding hydrogens is 148 g/mol. The van der Waals surface area contributed by atoms with Gasteiger partial charge in [-0.25, -0.2) is 0 Å². The van der Waals surface area contributed by atoms with Crippen molar-refractivity contribution in [1.29, 1.82) is 0 Å². The minimum atomic E-state index is 0.258. The van der Waals surface area contributed by atoms with E-state index >= 15 is 0 Å². The van der Waals surface area contributed by atoms with Crippen LogP contribution in [0.2, 0.25) is 0 Å². The van der Waals surface area contributed by atoms with Crippen LogP contribution in [-0.2, 0) is 4.79 Å². The average Bonchev–Trinajstić information content (AvgIpc) is 2.06. The lowest BCUT2D eigenvalue weighted by Gasteiger charge is -2.13. The van der Waals surface area contributed by atoms with Crippen molar-refractivity contribution in [2.45, 2.75) is 32.6 Å². The van der Waals surface area contributed by atoms with E-state index in [1.807, 2.05) is 13.0 Å². The molecule has 0 saturated heterocycles. The largest absolute Gasteiger partial charge is 0.295 e. The van der Waals surface area contributed by atoms with Crippen LogP contribution in [0, 0.1) is 5.92 Å².